The summed E-state index contributed by atoms with van der Waals surface area (Å²) in [5.74, 6) is 0.485. The number of rotatable bonds is 7. The van der Waals surface area contributed by atoms with E-state index in [1.54, 1.807) is 0 Å². The molecule has 1 saturated carbocycles. The van der Waals surface area contributed by atoms with E-state index in [0.717, 1.165) is 49.8 Å². The Kier molecular flexibility index (Phi) is 7.78. The number of hydrogen-bond donors (Lipinski definition) is 3. The van der Waals surface area contributed by atoms with Crippen LogP contribution in [0.3, 0.4) is 0 Å². The third-order valence-corrected chi connectivity index (χ3v) is 8.19. The van der Waals surface area contributed by atoms with Gasteiger partial charge in [0, 0.05) is 29.4 Å². The molecule has 0 radical (unpaired) electrons. The SMILES string of the molecule is Cc1ccc(-c2csc(NC(=O)CC3CCC(NC(=O)[C@H]4CC[C@@H](c5ccccc5)N4)CC3)n2)cc1. The number of nitrogens with one attached hydrogen (secondary N) is 3. The Balaban J connectivity index is 1.03. The summed E-state index contributed by atoms with van der Waals surface area (Å²) in [7, 11) is 0. The van der Waals surface area contributed by atoms with Gasteiger partial charge in [-0.25, -0.2) is 4.98 Å². The van der Waals surface area contributed by atoms with Crippen molar-refractivity contribution < 1.29 is 9.59 Å². The van der Waals surface area contributed by atoms with Crippen molar-refractivity contribution in [3.63, 3.8) is 0 Å². The Morgan fingerprint density at radius 1 is 0.972 bits per heavy atom. The van der Waals surface area contributed by atoms with Crippen molar-refractivity contribution >= 4 is 28.3 Å². The minimum absolute atomic E-state index is 0.0226. The van der Waals surface area contributed by atoms with E-state index in [0.29, 0.717) is 17.5 Å². The predicted molar refractivity (Wildman–Crippen MR) is 145 cm³/mol. The van der Waals surface area contributed by atoms with Crippen molar-refractivity contribution in [3.05, 3.63) is 71.1 Å². The second-order valence-corrected chi connectivity index (χ2v) is 11.0. The first-order valence-corrected chi connectivity index (χ1v) is 13.9. The topological polar surface area (TPSA) is 83.1 Å². The smallest absolute Gasteiger partial charge is 0.237 e. The van der Waals surface area contributed by atoms with E-state index in [4.69, 9.17) is 0 Å². The molecule has 2 heterocycles. The van der Waals surface area contributed by atoms with Crippen LogP contribution in [0, 0.1) is 12.8 Å². The second kappa shape index (κ2) is 11.4. The Morgan fingerprint density at radius 3 is 2.47 bits per heavy atom. The highest BCUT2D eigenvalue weighted by molar-refractivity contribution is 7.14. The lowest BCUT2D eigenvalue weighted by molar-refractivity contribution is -0.124. The predicted octanol–water partition coefficient (Wildman–Crippen LogP) is 5.62. The van der Waals surface area contributed by atoms with Crippen LogP contribution >= 0.6 is 11.3 Å². The molecule has 3 aromatic rings. The largest absolute Gasteiger partial charge is 0.352 e. The number of nitrogens with zero attached hydrogens (tertiary/aromatic N) is 1. The van der Waals surface area contributed by atoms with Crippen molar-refractivity contribution in [2.24, 2.45) is 5.92 Å². The monoisotopic (exact) mass is 502 g/mol. The minimum Gasteiger partial charge on any atom is -0.352 e. The summed E-state index contributed by atoms with van der Waals surface area (Å²) in [6.45, 7) is 2.06. The molecule has 188 valence electrons. The molecule has 1 aliphatic heterocycles. The van der Waals surface area contributed by atoms with Gasteiger partial charge in [0.15, 0.2) is 5.13 Å². The third kappa shape index (κ3) is 6.20. The summed E-state index contributed by atoms with van der Waals surface area (Å²) in [4.78, 5) is 30.0. The molecule has 2 fully saturated rings. The maximum Gasteiger partial charge on any atom is 0.237 e. The molecule has 2 atom stereocenters. The van der Waals surface area contributed by atoms with Crippen molar-refractivity contribution in [1.29, 1.82) is 0 Å². The van der Waals surface area contributed by atoms with Crippen molar-refractivity contribution in [3.8, 4) is 11.3 Å². The number of thiazole rings is 1. The van der Waals surface area contributed by atoms with Crippen LogP contribution in [-0.4, -0.2) is 28.9 Å². The summed E-state index contributed by atoms with van der Waals surface area (Å²) in [5, 5.41) is 12.4. The van der Waals surface area contributed by atoms with Gasteiger partial charge in [-0.15, -0.1) is 11.3 Å². The van der Waals surface area contributed by atoms with E-state index in [2.05, 4.69) is 64.3 Å². The van der Waals surface area contributed by atoms with E-state index in [1.807, 2.05) is 23.6 Å². The fourth-order valence-corrected chi connectivity index (χ4v) is 6.07. The maximum atomic E-state index is 12.8. The van der Waals surface area contributed by atoms with Crippen molar-refractivity contribution in [1.82, 2.24) is 15.6 Å². The number of aryl methyl sites for hydroxylation is 1. The normalized spacial score (nSPS) is 23.8. The van der Waals surface area contributed by atoms with E-state index >= 15 is 0 Å². The molecule has 1 saturated heterocycles. The molecule has 2 aliphatic rings. The number of anilines is 1. The molecular formula is C29H34N4O2S. The minimum atomic E-state index is -0.123. The highest BCUT2D eigenvalue weighted by Gasteiger charge is 2.32. The van der Waals surface area contributed by atoms with Gasteiger partial charge in [0.25, 0.3) is 0 Å². The lowest BCUT2D eigenvalue weighted by Gasteiger charge is -2.29. The lowest BCUT2D eigenvalue weighted by atomic mass is 9.84. The zero-order valence-electron chi connectivity index (χ0n) is 20.7. The van der Waals surface area contributed by atoms with Gasteiger partial charge in [0.1, 0.15) is 0 Å². The van der Waals surface area contributed by atoms with Crippen molar-refractivity contribution in [2.45, 2.75) is 70.0 Å². The molecule has 1 aliphatic carbocycles. The molecule has 2 amide bonds. The van der Waals surface area contributed by atoms with Crippen LogP contribution < -0.4 is 16.0 Å². The first-order chi connectivity index (χ1) is 17.5. The van der Waals surface area contributed by atoms with Gasteiger partial charge >= 0.3 is 0 Å². The van der Waals surface area contributed by atoms with E-state index in [9.17, 15) is 9.59 Å². The molecule has 7 heteroatoms. The quantitative estimate of drug-likeness (QED) is 0.392. The average Bonchev–Trinajstić information content (AvgIpc) is 3.57. The first kappa shape index (κ1) is 24.7. The Morgan fingerprint density at radius 2 is 1.72 bits per heavy atom. The van der Waals surface area contributed by atoms with Gasteiger partial charge in [0.2, 0.25) is 11.8 Å². The zero-order valence-corrected chi connectivity index (χ0v) is 21.5. The van der Waals surface area contributed by atoms with Gasteiger partial charge in [0.05, 0.1) is 11.7 Å². The summed E-state index contributed by atoms with van der Waals surface area (Å²) in [6.07, 6.45) is 6.10. The van der Waals surface area contributed by atoms with Crippen LogP contribution in [0.15, 0.2) is 60.0 Å². The number of carbonyl (C=O) groups is 2. The molecular weight excluding hydrogens is 468 g/mol. The number of amides is 2. The highest BCUT2D eigenvalue weighted by Crippen LogP contribution is 2.30. The van der Waals surface area contributed by atoms with Gasteiger partial charge < -0.3 is 10.6 Å². The second-order valence-electron chi connectivity index (χ2n) is 10.1. The van der Waals surface area contributed by atoms with Crippen LogP contribution in [0.4, 0.5) is 5.13 Å². The molecule has 0 spiro atoms. The fraction of sp³-hybridized carbons (Fsp3) is 0.414. The van der Waals surface area contributed by atoms with Crippen LogP contribution in [0.1, 0.15) is 62.1 Å². The summed E-state index contributed by atoms with van der Waals surface area (Å²) in [6, 6.07) is 18.9. The Bertz CT molecular complexity index is 1170. The van der Waals surface area contributed by atoms with E-state index in [1.165, 1.54) is 22.5 Å². The maximum absolute atomic E-state index is 12.8. The third-order valence-electron chi connectivity index (χ3n) is 7.43. The molecule has 2 aromatic carbocycles. The van der Waals surface area contributed by atoms with Crippen LogP contribution in [0.2, 0.25) is 0 Å². The van der Waals surface area contributed by atoms with Crippen LogP contribution in [0.25, 0.3) is 11.3 Å². The average molecular weight is 503 g/mol. The van der Waals surface area contributed by atoms with Crippen LogP contribution in [0.5, 0.6) is 0 Å². The van der Waals surface area contributed by atoms with Gasteiger partial charge in [-0.2, -0.15) is 0 Å². The van der Waals surface area contributed by atoms with Crippen LogP contribution in [-0.2, 0) is 9.59 Å². The summed E-state index contributed by atoms with van der Waals surface area (Å²) < 4.78 is 0. The molecule has 0 unspecified atom stereocenters. The number of benzene rings is 2. The molecule has 6 nitrogen and oxygen atoms in total. The number of hydrogen-bond acceptors (Lipinski definition) is 5. The van der Waals surface area contributed by atoms with E-state index in [-0.39, 0.29) is 29.9 Å². The molecule has 0 bridgehead atoms. The fourth-order valence-electron chi connectivity index (χ4n) is 5.33. The number of aromatic nitrogens is 1. The molecule has 5 rings (SSSR count). The summed E-state index contributed by atoms with van der Waals surface area (Å²) >= 11 is 1.46. The zero-order chi connectivity index (χ0) is 24.9. The highest BCUT2D eigenvalue weighted by atomic mass is 32.1. The Hall–Kier alpha value is -3.03. The first-order valence-electron chi connectivity index (χ1n) is 13.0. The number of carbonyl (C=O) groups excluding carboxylic acids is 2. The molecule has 36 heavy (non-hydrogen) atoms. The van der Waals surface area contributed by atoms with Gasteiger partial charge in [-0.1, -0.05) is 60.2 Å². The Labute approximate surface area is 216 Å². The van der Waals surface area contributed by atoms with Crippen molar-refractivity contribution in [2.75, 3.05) is 5.32 Å². The van der Waals surface area contributed by atoms with Gasteiger partial charge in [-0.3, -0.25) is 14.9 Å². The lowest BCUT2D eigenvalue weighted by Crippen LogP contribution is -2.46. The molecule has 1 aromatic heterocycles. The standard InChI is InChI=1S/C29H34N4O2S/c1-19-7-11-22(12-8-19)26-18-36-29(32-26)33-27(34)17-20-9-13-23(14-10-20)30-28(35)25-16-15-24(31-25)21-5-3-2-4-6-21/h2-8,11-12,18,20,23-25,31H,9-10,13-17H2,1H3,(H,30,35)(H,32,33,34)/t20?,23?,24-,25+/m0/s1. The van der Waals surface area contributed by atoms with Gasteiger partial charge in [-0.05, 0) is 56.9 Å². The summed E-state index contributed by atoms with van der Waals surface area (Å²) in [5.41, 5.74) is 4.40. The molecule has 3 N–H and O–H groups in total. The van der Waals surface area contributed by atoms with E-state index < -0.39 is 0 Å².